The minimum Gasteiger partial charge on any atom is -0.488 e. The van der Waals surface area contributed by atoms with Crippen LogP contribution in [0, 0.1) is 5.92 Å². The summed E-state index contributed by atoms with van der Waals surface area (Å²) in [7, 11) is 0. The molecular formula is C14H13NO3. The molecule has 1 heterocycles. The number of nitrogens with zero attached hydrogens (tertiary/aromatic N) is 1. The van der Waals surface area contributed by atoms with Crippen LogP contribution in [0.25, 0.3) is 10.9 Å². The minimum absolute atomic E-state index is 0.00120. The molecule has 0 bridgehead atoms. The number of carboxylic acids is 1. The lowest BCUT2D eigenvalue weighted by Gasteiger charge is -2.32. The van der Waals surface area contributed by atoms with Crippen molar-refractivity contribution in [3.05, 3.63) is 36.5 Å². The summed E-state index contributed by atoms with van der Waals surface area (Å²) in [4.78, 5) is 15.0. The molecule has 2 aromatic rings. The zero-order chi connectivity index (χ0) is 12.5. The highest BCUT2D eigenvalue weighted by Gasteiger charge is 2.36. The minimum atomic E-state index is -0.731. The highest BCUT2D eigenvalue weighted by Crippen LogP contribution is 2.33. The van der Waals surface area contributed by atoms with Gasteiger partial charge in [-0.15, -0.1) is 0 Å². The van der Waals surface area contributed by atoms with E-state index in [0.717, 1.165) is 16.7 Å². The van der Waals surface area contributed by atoms with E-state index >= 15 is 0 Å². The average molecular weight is 243 g/mol. The largest absolute Gasteiger partial charge is 0.488 e. The Morgan fingerprint density at radius 3 is 2.83 bits per heavy atom. The molecule has 4 nitrogen and oxygen atoms in total. The quantitative estimate of drug-likeness (QED) is 0.899. The van der Waals surface area contributed by atoms with Crippen molar-refractivity contribution in [1.82, 2.24) is 4.98 Å². The van der Waals surface area contributed by atoms with E-state index in [1.807, 2.05) is 30.3 Å². The van der Waals surface area contributed by atoms with Crippen molar-refractivity contribution in [3.8, 4) is 5.75 Å². The van der Waals surface area contributed by atoms with Crippen LogP contribution < -0.4 is 4.74 Å². The number of rotatable bonds is 3. The molecule has 3 rings (SSSR count). The molecule has 1 aliphatic carbocycles. The fourth-order valence-corrected chi connectivity index (χ4v) is 2.21. The maximum absolute atomic E-state index is 10.7. The van der Waals surface area contributed by atoms with Gasteiger partial charge in [0, 0.05) is 11.6 Å². The average Bonchev–Trinajstić information content (AvgIpc) is 2.33. The predicted molar refractivity (Wildman–Crippen MR) is 66.5 cm³/mol. The molecule has 1 saturated carbocycles. The first-order chi connectivity index (χ1) is 8.74. The van der Waals surface area contributed by atoms with Crippen molar-refractivity contribution >= 4 is 16.9 Å². The maximum atomic E-state index is 10.7. The van der Waals surface area contributed by atoms with E-state index in [1.54, 1.807) is 6.20 Å². The van der Waals surface area contributed by atoms with Crippen molar-refractivity contribution < 1.29 is 14.6 Å². The molecule has 18 heavy (non-hydrogen) atoms. The van der Waals surface area contributed by atoms with Crippen LogP contribution in [-0.4, -0.2) is 22.2 Å². The molecule has 0 atom stereocenters. The second-order valence-corrected chi connectivity index (χ2v) is 4.58. The molecule has 1 aliphatic rings. The van der Waals surface area contributed by atoms with Crippen LogP contribution >= 0.6 is 0 Å². The Kier molecular flexibility index (Phi) is 2.63. The standard InChI is InChI=1S/C14H13NO3/c16-14(17)10-7-11(8-10)18-12-5-1-3-9-4-2-6-15-13(9)12/h1-6,10-11H,7-8H2,(H,16,17)/t10-,11-. The Labute approximate surface area is 104 Å². The Balaban J connectivity index is 1.78. The van der Waals surface area contributed by atoms with Crippen LogP contribution in [0.1, 0.15) is 12.8 Å². The van der Waals surface area contributed by atoms with Gasteiger partial charge in [-0.05, 0) is 25.0 Å². The molecule has 0 spiro atoms. The molecule has 0 radical (unpaired) electrons. The van der Waals surface area contributed by atoms with Gasteiger partial charge in [0.15, 0.2) is 0 Å². The zero-order valence-electron chi connectivity index (χ0n) is 9.74. The number of carbonyl (C=O) groups is 1. The summed E-state index contributed by atoms with van der Waals surface area (Å²) in [5.74, 6) is -0.245. The number of hydrogen-bond donors (Lipinski definition) is 1. The summed E-state index contributed by atoms with van der Waals surface area (Å²) >= 11 is 0. The van der Waals surface area contributed by atoms with Gasteiger partial charge in [0.05, 0.1) is 5.92 Å². The Morgan fingerprint density at radius 1 is 1.28 bits per heavy atom. The second kappa shape index (κ2) is 4.29. The lowest BCUT2D eigenvalue weighted by Crippen LogP contribution is -2.38. The summed E-state index contributed by atoms with van der Waals surface area (Å²) < 4.78 is 5.82. The molecular weight excluding hydrogens is 230 g/mol. The smallest absolute Gasteiger partial charge is 0.306 e. The lowest BCUT2D eigenvalue weighted by atomic mass is 9.82. The number of benzene rings is 1. The zero-order valence-corrected chi connectivity index (χ0v) is 9.74. The third-order valence-electron chi connectivity index (χ3n) is 3.33. The van der Waals surface area contributed by atoms with Crippen LogP contribution in [0.3, 0.4) is 0 Å². The second-order valence-electron chi connectivity index (χ2n) is 4.58. The monoisotopic (exact) mass is 243 g/mol. The van der Waals surface area contributed by atoms with Gasteiger partial charge in [0.2, 0.25) is 0 Å². The summed E-state index contributed by atoms with van der Waals surface area (Å²) in [6.45, 7) is 0. The molecule has 0 aliphatic heterocycles. The van der Waals surface area contributed by atoms with Crippen molar-refractivity contribution in [2.45, 2.75) is 18.9 Å². The molecule has 0 unspecified atom stereocenters. The van der Waals surface area contributed by atoms with Crippen LogP contribution in [0.2, 0.25) is 0 Å². The van der Waals surface area contributed by atoms with Crippen molar-refractivity contribution in [1.29, 1.82) is 0 Å². The van der Waals surface area contributed by atoms with E-state index in [4.69, 9.17) is 9.84 Å². The van der Waals surface area contributed by atoms with Gasteiger partial charge in [-0.3, -0.25) is 9.78 Å². The Morgan fingerprint density at radius 2 is 2.06 bits per heavy atom. The number of pyridine rings is 1. The Bertz CT molecular complexity index is 585. The first-order valence-electron chi connectivity index (χ1n) is 5.97. The van der Waals surface area contributed by atoms with Crippen molar-refractivity contribution in [2.24, 2.45) is 5.92 Å². The molecule has 92 valence electrons. The van der Waals surface area contributed by atoms with Gasteiger partial charge in [-0.1, -0.05) is 18.2 Å². The lowest BCUT2D eigenvalue weighted by molar-refractivity contribution is -0.147. The van der Waals surface area contributed by atoms with E-state index in [9.17, 15) is 4.79 Å². The number of carboxylic acid groups (broad SMARTS) is 1. The van der Waals surface area contributed by atoms with Crippen molar-refractivity contribution in [2.75, 3.05) is 0 Å². The van der Waals surface area contributed by atoms with Crippen LogP contribution in [0.5, 0.6) is 5.75 Å². The topological polar surface area (TPSA) is 59.4 Å². The van der Waals surface area contributed by atoms with Gasteiger partial charge in [-0.2, -0.15) is 0 Å². The van der Waals surface area contributed by atoms with Gasteiger partial charge in [0.1, 0.15) is 17.4 Å². The van der Waals surface area contributed by atoms with Crippen molar-refractivity contribution in [3.63, 3.8) is 0 Å². The van der Waals surface area contributed by atoms with Crippen LogP contribution in [-0.2, 0) is 4.79 Å². The van der Waals surface area contributed by atoms with Gasteiger partial charge in [0.25, 0.3) is 0 Å². The Hall–Kier alpha value is -2.10. The number of ether oxygens (including phenoxy) is 1. The number of fused-ring (bicyclic) bond motifs is 1. The molecule has 4 heteroatoms. The summed E-state index contributed by atoms with van der Waals surface area (Å²) in [5.41, 5.74) is 0.832. The van der Waals surface area contributed by atoms with Gasteiger partial charge < -0.3 is 9.84 Å². The van der Waals surface area contributed by atoms with Crippen LogP contribution in [0.15, 0.2) is 36.5 Å². The number of hydrogen-bond acceptors (Lipinski definition) is 3. The fourth-order valence-electron chi connectivity index (χ4n) is 2.21. The molecule has 0 amide bonds. The van der Waals surface area contributed by atoms with Crippen LogP contribution in [0.4, 0.5) is 0 Å². The highest BCUT2D eigenvalue weighted by atomic mass is 16.5. The maximum Gasteiger partial charge on any atom is 0.306 e. The van der Waals surface area contributed by atoms with Gasteiger partial charge >= 0.3 is 5.97 Å². The van der Waals surface area contributed by atoms with E-state index in [-0.39, 0.29) is 12.0 Å². The highest BCUT2D eigenvalue weighted by molar-refractivity contribution is 5.84. The molecule has 0 saturated heterocycles. The van der Waals surface area contributed by atoms with E-state index in [1.165, 1.54) is 0 Å². The first-order valence-corrected chi connectivity index (χ1v) is 5.97. The van der Waals surface area contributed by atoms with Gasteiger partial charge in [-0.25, -0.2) is 0 Å². The normalized spacial score (nSPS) is 22.4. The molecule has 1 N–H and O–H groups in total. The predicted octanol–water partition coefficient (Wildman–Crippen LogP) is 2.48. The summed E-state index contributed by atoms with van der Waals surface area (Å²) in [5, 5.41) is 9.85. The number of aromatic nitrogens is 1. The van der Waals surface area contributed by atoms with E-state index < -0.39 is 5.97 Å². The fraction of sp³-hybridized carbons (Fsp3) is 0.286. The third kappa shape index (κ3) is 1.90. The summed E-state index contributed by atoms with van der Waals surface area (Å²) in [6.07, 6.45) is 2.89. The summed E-state index contributed by atoms with van der Waals surface area (Å²) in [6, 6.07) is 9.65. The number of para-hydroxylation sites is 1. The molecule has 1 aromatic heterocycles. The third-order valence-corrected chi connectivity index (χ3v) is 3.33. The SMILES string of the molecule is O=C(O)[C@H]1C[C@H](Oc2cccc3cccnc23)C1. The number of aliphatic carboxylic acids is 1. The van der Waals surface area contributed by atoms with E-state index in [0.29, 0.717) is 12.8 Å². The molecule has 1 fully saturated rings. The first kappa shape index (κ1) is 11.0. The van der Waals surface area contributed by atoms with E-state index in [2.05, 4.69) is 4.98 Å². The molecule has 1 aromatic carbocycles.